The third kappa shape index (κ3) is 4.88. The Kier molecular flexibility index (Phi) is 6.54. The van der Waals surface area contributed by atoms with E-state index in [0.717, 1.165) is 49.6 Å². The minimum Gasteiger partial charge on any atom is -0.341 e. The molecule has 1 aromatic carbocycles. The van der Waals surface area contributed by atoms with Crippen molar-refractivity contribution in [1.29, 1.82) is 0 Å². The molecular weight excluding hydrogens is 370 g/mol. The van der Waals surface area contributed by atoms with Crippen molar-refractivity contribution >= 4 is 28.7 Å². The van der Waals surface area contributed by atoms with Gasteiger partial charge in [-0.1, -0.05) is 12.1 Å². The number of piperazine rings is 1. The van der Waals surface area contributed by atoms with E-state index in [1.165, 1.54) is 32.5 Å². The van der Waals surface area contributed by atoms with Gasteiger partial charge in [0.15, 0.2) is 0 Å². The van der Waals surface area contributed by atoms with Crippen LogP contribution in [0.25, 0.3) is 11.0 Å². The summed E-state index contributed by atoms with van der Waals surface area (Å²) < 4.78 is 0. The van der Waals surface area contributed by atoms with Gasteiger partial charge >= 0.3 is 0 Å². The molecule has 3 heterocycles. The highest BCUT2D eigenvalue weighted by atomic mass is 32.2. The summed E-state index contributed by atoms with van der Waals surface area (Å²) >= 11 is 1.67. The van der Waals surface area contributed by atoms with Crippen LogP contribution >= 0.6 is 11.8 Å². The molecule has 1 N–H and O–H groups in total. The van der Waals surface area contributed by atoms with Crippen molar-refractivity contribution in [2.45, 2.75) is 25.0 Å². The van der Waals surface area contributed by atoms with Gasteiger partial charge in [0.25, 0.3) is 0 Å². The molecule has 152 valence electrons. The molecule has 1 atom stereocenters. The fraction of sp³-hybridized carbons (Fsp3) is 0.619. The van der Waals surface area contributed by atoms with Gasteiger partial charge in [0.05, 0.1) is 22.0 Å². The number of nitrogens with zero attached hydrogens (tertiary/aromatic N) is 4. The maximum absolute atomic E-state index is 12.6. The monoisotopic (exact) mass is 401 g/mol. The summed E-state index contributed by atoms with van der Waals surface area (Å²) in [7, 11) is 0. The van der Waals surface area contributed by atoms with Crippen molar-refractivity contribution in [1.82, 2.24) is 24.7 Å². The number of amides is 1. The quantitative estimate of drug-likeness (QED) is 0.773. The zero-order valence-corrected chi connectivity index (χ0v) is 17.6. The zero-order chi connectivity index (χ0) is 19.3. The van der Waals surface area contributed by atoms with Crippen molar-refractivity contribution in [3.63, 3.8) is 0 Å². The summed E-state index contributed by atoms with van der Waals surface area (Å²) in [6.45, 7) is 10.7. The van der Waals surface area contributed by atoms with E-state index < -0.39 is 0 Å². The summed E-state index contributed by atoms with van der Waals surface area (Å²) in [5.74, 6) is 1.73. The molecule has 0 saturated carbocycles. The zero-order valence-electron chi connectivity index (χ0n) is 16.8. The normalized spacial score (nSPS) is 20.1. The number of likely N-dealkylation sites (tertiary alicyclic amines) is 1. The molecule has 2 saturated heterocycles. The highest BCUT2D eigenvalue weighted by Crippen LogP contribution is 2.28. The van der Waals surface area contributed by atoms with Crippen LogP contribution in [0.15, 0.2) is 24.3 Å². The Morgan fingerprint density at radius 2 is 1.75 bits per heavy atom. The minimum atomic E-state index is 0.179. The highest BCUT2D eigenvalue weighted by Gasteiger charge is 2.23. The molecule has 0 aliphatic carbocycles. The molecule has 1 unspecified atom stereocenters. The van der Waals surface area contributed by atoms with Crippen molar-refractivity contribution in [2.75, 3.05) is 58.1 Å². The second kappa shape index (κ2) is 9.29. The third-order valence-electron chi connectivity index (χ3n) is 5.91. The molecule has 4 rings (SSSR count). The second-order valence-corrected chi connectivity index (χ2v) is 9.19. The number of imidazole rings is 1. The van der Waals surface area contributed by atoms with E-state index in [0.29, 0.717) is 5.75 Å². The number of nitrogens with one attached hydrogen (secondary N) is 1. The molecule has 2 aliphatic heterocycles. The van der Waals surface area contributed by atoms with Crippen LogP contribution in [-0.4, -0.2) is 88.7 Å². The Labute approximate surface area is 171 Å². The predicted octanol–water partition coefficient (Wildman–Crippen LogP) is 2.60. The maximum Gasteiger partial charge on any atom is 0.232 e. The fourth-order valence-electron chi connectivity index (χ4n) is 4.04. The maximum atomic E-state index is 12.6. The van der Waals surface area contributed by atoms with Crippen molar-refractivity contribution in [3.05, 3.63) is 30.1 Å². The Morgan fingerprint density at radius 3 is 2.46 bits per heavy atom. The Hall–Kier alpha value is -1.57. The number of carbonyl (C=O) groups is 1. The molecule has 2 aromatic rings. The lowest BCUT2D eigenvalue weighted by molar-refractivity contribution is -0.130. The molecule has 0 spiro atoms. The molecule has 2 fully saturated rings. The van der Waals surface area contributed by atoms with Crippen LogP contribution in [-0.2, 0) is 4.79 Å². The average molecular weight is 402 g/mol. The molecule has 0 radical (unpaired) electrons. The number of thioether (sulfide) groups is 1. The number of fused-ring (bicyclic) bond motifs is 1. The largest absolute Gasteiger partial charge is 0.341 e. The van der Waals surface area contributed by atoms with Gasteiger partial charge in [0.2, 0.25) is 5.91 Å². The van der Waals surface area contributed by atoms with Crippen molar-refractivity contribution < 1.29 is 4.79 Å². The molecule has 0 bridgehead atoms. The third-order valence-corrected chi connectivity index (χ3v) is 7.04. The summed E-state index contributed by atoms with van der Waals surface area (Å²) in [6, 6.07) is 8.06. The van der Waals surface area contributed by atoms with Gasteiger partial charge < -0.3 is 14.8 Å². The molecule has 1 aromatic heterocycles. The molecule has 7 heteroatoms. The van der Waals surface area contributed by atoms with Gasteiger partial charge in [-0.25, -0.2) is 4.98 Å². The number of H-pyrrole nitrogens is 1. The first-order valence-corrected chi connectivity index (χ1v) is 11.5. The lowest BCUT2D eigenvalue weighted by Gasteiger charge is -2.35. The van der Waals surface area contributed by atoms with E-state index in [9.17, 15) is 4.79 Å². The van der Waals surface area contributed by atoms with Crippen LogP contribution in [0, 0.1) is 0 Å². The molecule has 6 nitrogen and oxygen atoms in total. The number of aromatic amines is 1. The Balaban J connectivity index is 1.19. The van der Waals surface area contributed by atoms with E-state index in [1.54, 1.807) is 11.8 Å². The van der Waals surface area contributed by atoms with Gasteiger partial charge in [-0.2, -0.15) is 0 Å². The van der Waals surface area contributed by atoms with Crippen LogP contribution in [0.1, 0.15) is 30.8 Å². The Bertz CT molecular complexity index is 747. The summed E-state index contributed by atoms with van der Waals surface area (Å²) in [4.78, 5) is 27.8. The van der Waals surface area contributed by atoms with Crippen LogP contribution in [0.3, 0.4) is 0 Å². The topological polar surface area (TPSA) is 55.5 Å². The number of para-hydroxylation sites is 2. The SMILES string of the molecule is CC(SCC(=O)N1CCN(CCN2CCCC2)CC1)c1nc2ccccc2[nH]1. The smallest absolute Gasteiger partial charge is 0.232 e. The van der Waals surface area contributed by atoms with Gasteiger partial charge in [0, 0.05) is 39.3 Å². The number of hydrogen-bond donors (Lipinski definition) is 1. The van der Waals surface area contributed by atoms with Crippen LogP contribution < -0.4 is 0 Å². The summed E-state index contributed by atoms with van der Waals surface area (Å²) in [5, 5.41) is 0.179. The number of hydrogen-bond acceptors (Lipinski definition) is 5. The number of aromatic nitrogens is 2. The van der Waals surface area contributed by atoms with Crippen LogP contribution in [0.4, 0.5) is 0 Å². The van der Waals surface area contributed by atoms with E-state index in [-0.39, 0.29) is 11.2 Å². The molecule has 1 amide bonds. The second-order valence-electron chi connectivity index (χ2n) is 7.86. The van der Waals surface area contributed by atoms with E-state index >= 15 is 0 Å². The first kappa shape index (κ1) is 19.7. The van der Waals surface area contributed by atoms with Crippen LogP contribution in [0.2, 0.25) is 0 Å². The first-order chi connectivity index (χ1) is 13.7. The lowest BCUT2D eigenvalue weighted by Crippen LogP contribution is -2.50. The van der Waals surface area contributed by atoms with E-state index in [2.05, 4.69) is 26.7 Å². The summed E-state index contributed by atoms with van der Waals surface area (Å²) in [5.41, 5.74) is 2.04. The van der Waals surface area contributed by atoms with E-state index in [4.69, 9.17) is 0 Å². The number of carbonyl (C=O) groups excluding carboxylic acids is 1. The standard InChI is InChI=1S/C21H31N5OS/c1-17(21-22-18-6-2-3-7-19(18)23-21)28-16-20(27)26-14-12-25(13-15-26)11-10-24-8-4-5-9-24/h2-3,6-7,17H,4-5,8-16H2,1H3,(H,22,23). The first-order valence-electron chi connectivity index (χ1n) is 10.5. The molecule has 28 heavy (non-hydrogen) atoms. The highest BCUT2D eigenvalue weighted by molar-refractivity contribution is 8.00. The lowest BCUT2D eigenvalue weighted by atomic mass is 10.3. The van der Waals surface area contributed by atoms with E-state index in [1.807, 2.05) is 29.2 Å². The van der Waals surface area contributed by atoms with Gasteiger partial charge in [0.1, 0.15) is 5.82 Å². The Morgan fingerprint density at radius 1 is 1.07 bits per heavy atom. The van der Waals surface area contributed by atoms with Crippen LogP contribution in [0.5, 0.6) is 0 Å². The summed E-state index contributed by atoms with van der Waals surface area (Å²) in [6.07, 6.45) is 2.71. The minimum absolute atomic E-state index is 0.179. The van der Waals surface area contributed by atoms with Gasteiger partial charge in [-0.3, -0.25) is 9.69 Å². The number of rotatable bonds is 7. The predicted molar refractivity (Wildman–Crippen MR) is 116 cm³/mol. The van der Waals surface area contributed by atoms with Crippen molar-refractivity contribution in [3.8, 4) is 0 Å². The number of benzene rings is 1. The average Bonchev–Trinajstić information content (AvgIpc) is 3.40. The molecular formula is C21H31N5OS. The fourth-order valence-corrected chi connectivity index (χ4v) is 4.89. The van der Waals surface area contributed by atoms with Crippen molar-refractivity contribution in [2.24, 2.45) is 0 Å². The van der Waals surface area contributed by atoms with Gasteiger partial charge in [-0.15, -0.1) is 11.8 Å². The molecule has 2 aliphatic rings. The van der Waals surface area contributed by atoms with Gasteiger partial charge in [-0.05, 0) is 45.0 Å².